The Morgan fingerprint density at radius 1 is 0.871 bits per heavy atom. The van der Waals surface area contributed by atoms with Gasteiger partial charge in [0.15, 0.2) is 0 Å². The average Bonchev–Trinajstić information content (AvgIpc) is 2.72. The predicted molar refractivity (Wildman–Crippen MR) is 100 cm³/mol. The first-order valence-corrected chi connectivity index (χ1v) is 8.27. The van der Waals surface area contributed by atoms with Crippen LogP contribution in [-0.2, 0) is 11.4 Å². The van der Waals surface area contributed by atoms with Crippen LogP contribution in [0.15, 0.2) is 36.4 Å². The Labute approximate surface area is 172 Å². The number of hydrogen-bond donors (Lipinski definition) is 4. The number of amides is 1. The summed E-state index contributed by atoms with van der Waals surface area (Å²) in [6.45, 7) is -0.641. The first-order valence-electron chi connectivity index (χ1n) is 8.27. The summed E-state index contributed by atoms with van der Waals surface area (Å²) >= 11 is 0. The number of hydroxylamine groups is 1. The van der Waals surface area contributed by atoms with Gasteiger partial charge in [-0.3, -0.25) is 29.9 Å². The fourth-order valence-corrected chi connectivity index (χ4v) is 2.42. The van der Waals surface area contributed by atoms with Crippen LogP contribution >= 0.6 is 0 Å². The molecule has 31 heavy (non-hydrogen) atoms. The molecule has 4 N–H and O–H groups in total. The molecule has 0 saturated carbocycles. The molecule has 0 aromatic heterocycles. The lowest BCUT2D eigenvalue weighted by Gasteiger charge is -2.10. The minimum absolute atomic E-state index is 0.125. The van der Waals surface area contributed by atoms with E-state index in [4.69, 9.17) is 15.1 Å². The van der Waals surface area contributed by atoms with Crippen molar-refractivity contribution in [3.05, 3.63) is 78.9 Å². The molecule has 0 aliphatic rings. The molecule has 0 bridgehead atoms. The summed E-state index contributed by atoms with van der Waals surface area (Å²) < 4.78 is 0. The molecule has 0 spiro atoms. The summed E-state index contributed by atoms with van der Waals surface area (Å²) in [6.07, 6.45) is 0. The highest BCUT2D eigenvalue weighted by atomic mass is 16.6. The molecule has 2 aromatic rings. The van der Waals surface area contributed by atoms with Gasteiger partial charge in [-0.25, -0.2) is 9.59 Å². The summed E-state index contributed by atoms with van der Waals surface area (Å²) in [4.78, 5) is 59.6. The van der Waals surface area contributed by atoms with Crippen molar-refractivity contribution in [2.24, 2.45) is 0 Å². The zero-order valence-corrected chi connectivity index (χ0v) is 15.4. The summed E-state index contributed by atoms with van der Waals surface area (Å²) in [5.74, 6) is -3.78. The zero-order chi connectivity index (χ0) is 23.1. The highest BCUT2D eigenvalue weighted by Gasteiger charge is 2.20. The molecule has 0 heterocycles. The number of hydrogen-bond acceptors (Lipinski definition) is 9. The van der Waals surface area contributed by atoms with Gasteiger partial charge in [0, 0.05) is 24.3 Å². The third-order valence-electron chi connectivity index (χ3n) is 3.87. The number of non-ortho nitro benzene ring substituents is 2. The van der Waals surface area contributed by atoms with Crippen molar-refractivity contribution >= 4 is 29.2 Å². The maximum absolute atomic E-state index is 12.1. The maximum atomic E-state index is 12.1. The van der Waals surface area contributed by atoms with E-state index >= 15 is 0 Å². The van der Waals surface area contributed by atoms with Crippen LogP contribution in [0.4, 0.5) is 11.4 Å². The van der Waals surface area contributed by atoms with Crippen molar-refractivity contribution in [2.45, 2.75) is 6.61 Å². The number of benzene rings is 2. The Morgan fingerprint density at radius 3 is 1.97 bits per heavy atom. The third kappa shape index (κ3) is 5.78. The average molecular weight is 434 g/mol. The molecule has 14 heteroatoms. The number of carboxylic acids is 2. The van der Waals surface area contributed by atoms with Gasteiger partial charge in [0.1, 0.15) is 0 Å². The van der Waals surface area contributed by atoms with Crippen LogP contribution in [0.25, 0.3) is 0 Å². The van der Waals surface area contributed by atoms with Gasteiger partial charge in [-0.2, -0.15) is 5.48 Å². The number of carboxylic acid groups (broad SMARTS) is 2. The number of nitrogens with zero attached hydrogens (tertiary/aromatic N) is 2. The number of rotatable bonds is 10. The van der Waals surface area contributed by atoms with Gasteiger partial charge >= 0.3 is 11.9 Å². The van der Waals surface area contributed by atoms with E-state index in [2.05, 4.69) is 10.8 Å². The fourth-order valence-electron chi connectivity index (χ4n) is 2.42. The molecule has 0 atom stereocenters. The second-order valence-electron chi connectivity index (χ2n) is 5.81. The molecular weight excluding hydrogens is 420 g/mol. The van der Waals surface area contributed by atoms with Crippen molar-refractivity contribution in [1.29, 1.82) is 0 Å². The van der Waals surface area contributed by atoms with Crippen molar-refractivity contribution < 1.29 is 39.3 Å². The van der Waals surface area contributed by atoms with Gasteiger partial charge in [-0.15, -0.1) is 0 Å². The normalized spacial score (nSPS) is 10.3. The lowest BCUT2D eigenvalue weighted by Crippen LogP contribution is -2.34. The first kappa shape index (κ1) is 22.9. The van der Waals surface area contributed by atoms with E-state index in [1.165, 1.54) is 6.07 Å². The Bertz CT molecular complexity index is 1070. The van der Waals surface area contributed by atoms with Crippen molar-refractivity contribution in [1.82, 2.24) is 10.8 Å². The molecule has 1 amide bonds. The molecule has 162 valence electrons. The van der Waals surface area contributed by atoms with Gasteiger partial charge in [-0.05, 0) is 17.7 Å². The van der Waals surface area contributed by atoms with E-state index in [9.17, 15) is 34.6 Å². The standard InChI is InChI=1S/C17H14N4O10/c22-15(12-4-3-11(21(29)30)6-14(12)17(25)26)18-8-19-31-7-9-1-2-10(20(27)28)5-13(9)16(23)24/h1-6,19H,7-8H2,(H,18,22)(H,23,24)(H,25,26). The number of nitro benzene ring substituents is 2. The molecule has 0 fully saturated rings. The summed E-state index contributed by atoms with van der Waals surface area (Å²) in [6, 6.07) is 5.92. The van der Waals surface area contributed by atoms with E-state index < -0.39 is 44.6 Å². The monoisotopic (exact) mass is 434 g/mol. The lowest BCUT2D eigenvalue weighted by molar-refractivity contribution is -0.385. The SMILES string of the molecule is O=C(O)c1cc([N+](=O)[O-])ccc1CONCNC(=O)c1ccc([N+](=O)[O-])cc1C(=O)O. The number of aromatic carboxylic acids is 2. The molecular formula is C17H14N4O10. The number of carbonyl (C=O) groups excluding carboxylic acids is 1. The molecule has 0 saturated heterocycles. The van der Waals surface area contributed by atoms with Gasteiger partial charge in [-0.1, -0.05) is 0 Å². The highest BCUT2D eigenvalue weighted by Crippen LogP contribution is 2.19. The summed E-state index contributed by atoms with van der Waals surface area (Å²) in [5.41, 5.74) is 0.313. The number of carbonyl (C=O) groups is 3. The predicted octanol–water partition coefficient (Wildman–Crippen LogP) is 1.31. The number of nitro groups is 2. The third-order valence-corrected chi connectivity index (χ3v) is 3.87. The van der Waals surface area contributed by atoms with Crippen LogP contribution in [0.2, 0.25) is 0 Å². The quantitative estimate of drug-likeness (QED) is 0.181. The largest absolute Gasteiger partial charge is 0.478 e. The second kappa shape index (κ2) is 9.86. The van der Waals surface area contributed by atoms with E-state index in [0.717, 1.165) is 30.3 Å². The van der Waals surface area contributed by atoms with Crippen LogP contribution < -0.4 is 10.8 Å². The van der Waals surface area contributed by atoms with Crippen molar-refractivity contribution in [2.75, 3.05) is 6.67 Å². The van der Waals surface area contributed by atoms with Gasteiger partial charge in [0.05, 0.1) is 39.8 Å². The Morgan fingerprint density at radius 2 is 1.42 bits per heavy atom. The van der Waals surface area contributed by atoms with E-state index in [0.29, 0.717) is 0 Å². The molecule has 0 aliphatic carbocycles. The lowest BCUT2D eigenvalue weighted by atomic mass is 10.1. The summed E-state index contributed by atoms with van der Waals surface area (Å²) in [5, 5.41) is 42.1. The highest BCUT2D eigenvalue weighted by molar-refractivity contribution is 6.05. The van der Waals surface area contributed by atoms with Crippen LogP contribution in [0.5, 0.6) is 0 Å². The van der Waals surface area contributed by atoms with Crippen LogP contribution in [0.3, 0.4) is 0 Å². The van der Waals surface area contributed by atoms with Gasteiger partial charge in [0.25, 0.3) is 17.3 Å². The Balaban J connectivity index is 1.96. The topological polar surface area (TPSA) is 211 Å². The second-order valence-corrected chi connectivity index (χ2v) is 5.81. The van der Waals surface area contributed by atoms with Crippen LogP contribution in [-0.4, -0.2) is 44.6 Å². The van der Waals surface area contributed by atoms with Crippen LogP contribution in [0, 0.1) is 20.2 Å². The first-order chi connectivity index (χ1) is 14.6. The zero-order valence-electron chi connectivity index (χ0n) is 15.4. The molecule has 2 aromatic carbocycles. The minimum atomic E-state index is -1.53. The molecule has 14 nitrogen and oxygen atoms in total. The minimum Gasteiger partial charge on any atom is -0.478 e. The maximum Gasteiger partial charge on any atom is 0.336 e. The molecule has 0 aliphatic heterocycles. The van der Waals surface area contributed by atoms with Crippen molar-refractivity contribution in [3.8, 4) is 0 Å². The molecule has 2 rings (SSSR count). The van der Waals surface area contributed by atoms with E-state index in [1.54, 1.807) is 0 Å². The van der Waals surface area contributed by atoms with Crippen molar-refractivity contribution in [3.63, 3.8) is 0 Å². The van der Waals surface area contributed by atoms with E-state index in [1.807, 2.05) is 0 Å². The Kier molecular flexibility index (Phi) is 7.27. The van der Waals surface area contributed by atoms with Gasteiger partial charge in [0.2, 0.25) is 0 Å². The van der Waals surface area contributed by atoms with Gasteiger partial charge < -0.3 is 15.5 Å². The number of nitrogens with one attached hydrogen (secondary N) is 2. The van der Waals surface area contributed by atoms with E-state index in [-0.39, 0.29) is 30.0 Å². The smallest absolute Gasteiger partial charge is 0.336 e. The summed E-state index contributed by atoms with van der Waals surface area (Å²) in [7, 11) is 0. The van der Waals surface area contributed by atoms with Crippen LogP contribution in [0.1, 0.15) is 36.6 Å². The molecule has 0 radical (unpaired) electrons. The molecule has 0 unspecified atom stereocenters. The Hall–Kier alpha value is -4.43. The fraction of sp³-hybridized carbons (Fsp3) is 0.118.